The molecule has 0 aliphatic heterocycles. The molecule has 0 saturated heterocycles. The van der Waals surface area contributed by atoms with Crippen LogP contribution < -0.4 is 0 Å². The van der Waals surface area contributed by atoms with Gasteiger partial charge in [-0.3, -0.25) is 0 Å². The molecule has 1 atom stereocenters. The van der Waals surface area contributed by atoms with Crippen LogP contribution in [-0.2, 0) is 23.6 Å². The van der Waals surface area contributed by atoms with Crippen LogP contribution in [0.4, 0.5) is 0 Å². The monoisotopic (exact) mass is 450 g/mol. The highest BCUT2D eigenvalue weighted by molar-refractivity contribution is 7.81. The lowest BCUT2D eigenvalue weighted by Crippen LogP contribution is -2.17. The van der Waals surface area contributed by atoms with Crippen molar-refractivity contribution in [2.24, 2.45) is 5.92 Å². The van der Waals surface area contributed by atoms with Gasteiger partial charge in [-0.1, -0.05) is 104 Å². The maximum absolute atomic E-state index is 11.7. The molecule has 1 N–H and O–H groups in total. The van der Waals surface area contributed by atoms with Crippen molar-refractivity contribution < 1.29 is 26.7 Å². The molecule has 0 saturated carbocycles. The fourth-order valence-corrected chi connectivity index (χ4v) is 3.62. The number of unbranched alkanes of at least 4 members (excludes halogenated alkanes) is 10. The number of rotatable bonds is 20. The second kappa shape index (κ2) is 22.8. The van der Waals surface area contributed by atoms with Gasteiger partial charge in [0.15, 0.2) is 0 Å². The molecule has 0 aliphatic rings. The van der Waals surface area contributed by atoms with Crippen LogP contribution in [-0.4, -0.2) is 32.7 Å². The Kier molecular flexibility index (Phi) is 23.7. The summed E-state index contributed by atoms with van der Waals surface area (Å²) in [6.07, 6.45) is 17.2. The van der Waals surface area contributed by atoms with E-state index in [2.05, 4.69) is 27.4 Å². The molecule has 0 aromatic heterocycles. The van der Waals surface area contributed by atoms with Gasteiger partial charge in [0.05, 0.1) is 13.2 Å². The number of hydrogen-bond donors (Lipinski definition) is 1. The fraction of sp³-hybridized carbons (Fsp3) is 0.870. The first-order chi connectivity index (χ1) is 14.3. The molecule has 0 radical (unpaired) electrons. The molecule has 180 valence electrons. The molecule has 0 aromatic rings. The minimum absolute atomic E-state index is 0.233. The van der Waals surface area contributed by atoms with Crippen LogP contribution in [0.15, 0.2) is 12.7 Å². The van der Waals surface area contributed by atoms with E-state index in [4.69, 9.17) is 13.5 Å². The Balaban J connectivity index is 0. The quantitative estimate of drug-likeness (QED) is 0.165. The minimum Gasteiger partial charge on any atom is -0.478 e. The molecule has 6 nitrogen and oxygen atoms in total. The topological polar surface area (TPSA) is 89.9 Å². The van der Waals surface area contributed by atoms with Gasteiger partial charge in [-0.25, -0.2) is 13.2 Å². The van der Waals surface area contributed by atoms with Crippen molar-refractivity contribution in [3.05, 3.63) is 12.7 Å². The molecular formula is C23H46O6S. The van der Waals surface area contributed by atoms with Crippen molar-refractivity contribution >= 4 is 16.4 Å². The second-order valence-corrected chi connectivity index (χ2v) is 8.94. The predicted octanol–water partition coefficient (Wildman–Crippen LogP) is 6.66. The number of hydrogen-bond acceptors (Lipinski definition) is 5. The van der Waals surface area contributed by atoms with E-state index in [1.165, 1.54) is 44.9 Å². The maximum atomic E-state index is 11.7. The van der Waals surface area contributed by atoms with Gasteiger partial charge in [0.1, 0.15) is 0 Å². The highest BCUT2D eigenvalue weighted by atomic mass is 32.3. The standard InChI is InChI=1S/C20H42O4S.C3H4O2/c1-4-7-9-11-12-13-14-15-17-20(6-3)19-24-25(21,22)23-18-16-10-8-5-2;1-2-3(4)5/h20H,4-19H2,1-3H3;2H,1H2,(H,4,5). The Labute approximate surface area is 185 Å². The van der Waals surface area contributed by atoms with Gasteiger partial charge in [-0.15, -0.1) is 0 Å². The van der Waals surface area contributed by atoms with Crippen molar-refractivity contribution in [1.82, 2.24) is 0 Å². The van der Waals surface area contributed by atoms with Crippen LogP contribution in [0.3, 0.4) is 0 Å². The summed E-state index contributed by atoms with van der Waals surface area (Å²) in [6.45, 7) is 9.91. The van der Waals surface area contributed by atoms with Crippen molar-refractivity contribution in [2.45, 2.75) is 111 Å². The summed E-state index contributed by atoms with van der Waals surface area (Å²) in [5.41, 5.74) is 0. The Hall–Kier alpha value is -0.920. The van der Waals surface area contributed by atoms with E-state index in [-0.39, 0.29) is 13.2 Å². The van der Waals surface area contributed by atoms with Crippen LogP contribution in [0, 0.1) is 5.92 Å². The summed E-state index contributed by atoms with van der Waals surface area (Å²) in [7, 11) is -3.82. The molecule has 0 rings (SSSR count). The normalized spacial score (nSPS) is 12.1. The summed E-state index contributed by atoms with van der Waals surface area (Å²) < 4.78 is 33.5. The minimum atomic E-state index is -3.82. The van der Waals surface area contributed by atoms with Gasteiger partial charge >= 0.3 is 16.4 Å². The van der Waals surface area contributed by atoms with E-state index < -0.39 is 16.4 Å². The molecule has 0 amide bonds. The highest BCUT2D eigenvalue weighted by Crippen LogP contribution is 2.17. The highest BCUT2D eigenvalue weighted by Gasteiger charge is 2.15. The van der Waals surface area contributed by atoms with Crippen LogP contribution in [0.5, 0.6) is 0 Å². The van der Waals surface area contributed by atoms with E-state index in [0.717, 1.165) is 51.0 Å². The van der Waals surface area contributed by atoms with Gasteiger partial charge < -0.3 is 5.11 Å². The summed E-state index contributed by atoms with van der Waals surface area (Å²) >= 11 is 0. The summed E-state index contributed by atoms with van der Waals surface area (Å²) in [5.74, 6) is -0.677. The molecule has 30 heavy (non-hydrogen) atoms. The second-order valence-electron chi connectivity index (χ2n) is 7.66. The summed E-state index contributed by atoms with van der Waals surface area (Å²) in [4.78, 5) is 9.25. The Bertz CT molecular complexity index is 490. The van der Waals surface area contributed by atoms with Crippen molar-refractivity contribution in [2.75, 3.05) is 13.2 Å². The zero-order valence-electron chi connectivity index (χ0n) is 19.6. The van der Waals surface area contributed by atoms with Crippen LogP contribution in [0.25, 0.3) is 0 Å². The van der Waals surface area contributed by atoms with Gasteiger partial charge in [0.25, 0.3) is 0 Å². The number of carboxylic acid groups (broad SMARTS) is 1. The first-order valence-electron chi connectivity index (χ1n) is 11.7. The first kappa shape index (κ1) is 31.3. The average Bonchev–Trinajstić information content (AvgIpc) is 2.72. The van der Waals surface area contributed by atoms with Crippen LogP contribution in [0.2, 0.25) is 0 Å². The molecule has 7 heteroatoms. The number of carbonyl (C=O) groups is 1. The molecule has 0 heterocycles. The number of carboxylic acids is 1. The van der Waals surface area contributed by atoms with E-state index in [1.807, 2.05) is 0 Å². The third-order valence-electron chi connectivity index (χ3n) is 4.89. The first-order valence-corrected chi connectivity index (χ1v) is 13.0. The van der Waals surface area contributed by atoms with E-state index in [9.17, 15) is 13.2 Å². The number of aliphatic carboxylic acids is 1. The smallest absolute Gasteiger partial charge is 0.399 e. The van der Waals surface area contributed by atoms with Gasteiger partial charge in [0, 0.05) is 6.08 Å². The van der Waals surface area contributed by atoms with Gasteiger partial charge in [0.2, 0.25) is 0 Å². The molecule has 0 spiro atoms. The molecular weight excluding hydrogens is 404 g/mol. The lowest BCUT2D eigenvalue weighted by molar-refractivity contribution is -0.131. The van der Waals surface area contributed by atoms with Crippen molar-refractivity contribution in [1.29, 1.82) is 0 Å². The fourth-order valence-electron chi connectivity index (χ4n) is 2.88. The summed E-state index contributed by atoms with van der Waals surface area (Å²) in [5, 5.41) is 7.60. The molecule has 1 unspecified atom stereocenters. The van der Waals surface area contributed by atoms with Gasteiger partial charge in [-0.2, -0.15) is 8.42 Å². The van der Waals surface area contributed by atoms with E-state index >= 15 is 0 Å². The van der Waals surface area contributed by atoms with E-state index in [1.54, 1.807) is 0 Å². The Morgan fingerprint density at radius 3 is 1.80 bits per heavy atom. The molecule has 0 fully saturated rings. The van der Waals surface area contributed by atoms with Gasteiger partial charge in [-0.05, 0) is 18.8 Å². The Morgan fingerprint density at radius 2 is 1.33 bits per heavy atom. The maximum Gasteiger partial charge on any atom is 0.399 e. The average molecular weight is 451 g/mol. The molecule has 0 bridgehead atoms. The lowest BCUT2D eigenvalue weighted by atomic mass is 9.98. The third-order valence-corrected chi connectivity index (χ3v) is 5.77. The van der Waals surface area contributed by atoms with Crippen LogP contribution >= 0.6 is 0 Å². The van der Waals surface area contributed by atoms with E-state index in [0.29, 0.717) is 5.92 Å². The van der Waals surface area contributed by atoms with Crippen LogP contribution in [0.1, 0.15) is 111 Å². The third kappa shape index (κ3) is 25.1. The van der Waals surface area contributed by atoms with Crippen molar-refractivity contribution in [3.63, 3.8) is 0 Å². The SMILES string of the molecule is C=CC(=O)O.CCCCCCCCCCC(CC)COS(=O)(=O)OCCCCCC. The molecule has 0 aliphatic carbocycles. The van der Waals surface area contributed by atoms with Crippen molar-refractivity contribution in [3.8, 4) is 0 Å². The Morgan fingerprint density at radius 1 is 0.867 bits per heavy atom. The predicted molar refractivity (Wildman–Crippen MR) is 124 cm³/mol. The largest absolute Gasteiger partial charge is 0.478 e. The summed E-state index contributed by atoms with van der Waals surface area (Å²) in [6, 6.07) is 0. The molecule has 0 aromatic carbocycles. The lowest BCUT2D eigenvalue weighted by Gasteiger charge is -2.14. The zero-order chi connectivity index (χ0) is 23.1. The zero-order valence-corrected chi connectivity index (χ0v) is 20.4.